The van der Waals surface area contributed by atoms with Crippen molar-refractivity contribution in [3.8, 4) is 0 Å². The van der Waals surface area contributed by atoms with E-state index in [0.29, 0.717) is 6.54 Å². The Balaban J connectivity index is 1.94. The Morgan fingerprint density at radius 1 is 1.00 bits per heavy atom. The maximum atomic E-state index is 13.4. The zero-order chi connectivity index (χ0) is 21.8. The number of aromatic nitrogens is 1. The zero-order valence-corrected chi connectivity index (χ0v) is 18.9. The molecular formula is C22H25N3O3S2. The van der Waals surface area contributed by atoms with Crippen molar-refractivity contribution in [1.82, 2.24) is 9.88 Å². The van der Waals surface area contributed by atoms with Crippen molar-refractivity contribution in [1.29, 1.82) is 0 Å². The molecule has 1 aromatic heterocycles. The number of rotatable bonds is 7. The van der Waals surface area contributed by atoms with E-state index in [0.717, 1.165) is 9.87 Å². The monoisotopic (exact) mass is 443 g/mol. The average molecular weight is 444 g/mol. The van der Waals surface area contributed by atoms with Crippen LogP contribution < -0.4 is 4.31 Å². The molecule has 0 aliphatic carbocycles. The Labute approximate surface area is 181 Å². The molecule has 2 aromatic carbocycles. The van der Waals surface area contributed by atoms with Crippen LogP contribution in [0.25, 0.3) is 0 Å². The standard InChI is InChI=1S/C22H25N3O3S2/c1-22(2,3)24(16-18-10-6-4-7-11-18)20(26)17-25(21-23-14-15-29-21)30(27,28)19-12-8-5-9-13-19/h4-15H,16-17H2,1-3H3. The zero-order valence-electron chi connectivity index (χ0n) is 17.2. The number of sulfonamides is 1. The topological polar surface area (TPSA) is 70.6 Å². The van der Waals surface area contributed by atoms with Crippen LogP contribution in [0.15, 0.2) is 77.1 Å². The normalized spacial score (nSPS) is 11.8. The van der Waals surface area contributed by atoms with Crippen LogP contribution in [0.2, 0.25) is 0 Å². The molecule has 0 saturated carbocycles. The Bertz CT molecular complexity index is 1060. The van der Waals surface area contributed by atoms with E-state index in [9.17, 15) is 13.2 Å². The van der Waals surface area contributed by atoms with E-state index < -0.39 is 15.6 Å². The maximum absolute atomic E-state index is 13.4. The largest absolute Gasteiger partial charge is 0.332 e. The Morgan fingerprint density at radius 2 is 1.60 bits per heavy atom. The summed E-state index contributed by atoms with van der Waals surface area (Å²) in [6, 6.07) is 17.8. The van der Waals surface area contributed by atoms with E-state index in [-0.39, 0.29) is 22.5 Å². The number of hydrogen-bond acceptors (Lipinski definition) is 5. The van der Waals surface area contributed by atoms with Gasteiger partial charge in [0.05, 0.1) is 4.90 Å². The molecule has 0 aliphatic rings. The maximum Gasteiger partial charge on any atom is 0.266 e. The highest BCUT2D eigenvalue weighted by Crippen LogP contribution is 2.27. The predicted molar refractivity (Wildman–Crippen MR) is 120 cm³/mol. The number of thiazole rings is 1. The van der Waals surface area contributed by atoms with Crippen LogP contribution in [0.4, 0.5) is 5.13 Å². The molecule has 0 radical (unpaired) electrons. The molecule has 3 aromatic rings. The Hall–Kier alpha value is -2.71. The van der Waals surface area contributed by atoms with E-state index >= 15 is 0 Å². The fraction of sp³-hybridized carbons (Fsp3) is 0.273. The van der Waals surface area contributed by atoms with E-state index in [4.69, 9.17) is 0 Å². The number of anilines is 1. The molecule has 6 nitrogen and oxygen atoms in total. The summed E-state index contributed by atoms with van der Waals surface area (Å²) in [5.41, 5.74) is 0.491. The van der Waals surface area contributed by atoms with Gasteiger partial charge in [-0.15, -0.1) is 11.3 Å². The molecule has 3 rings (SSSR count). The van der Waals surface area contributed by atoms with Crippen LogP contribution in [0, 0.1) is 0 Å². The minimum absolute atomic E-state index is 0.123. The molecule has 0 saturated heterocycles. The molecule has 0 fully saturated rings. The predicted octanol–water partition coefficient (Wildman–Crippen LogP) is 4.17. The van der Waals surface area contributed by atoms with Crippen molar-refractivity contribution in [2.24, 2.45) is 0 Å². The van der Waals surface area contributed by atoms with E-state index in [1.807, 2.05) is 51.1 Å². The van der Waals surface area contributed by atoms with Crippen LogP contribution in [-0.2, 0) is 21.4 Å². The van der Waals surface area contributed by atoms with Crippen molar-refractivity contribution < 1.29 is 13.2 Å². The lowest BCUT2D eigenvalue weighted by atomic mass is 10.0. The fourth-order valence-electron chi connectivity index (χ4n) is 2.99. The molecule has 1 heterocycles. The van der Waals surface area contributed by atoms with E-state index in [1.54, 1.807) is 28.5 Å². The van der Waals surface area contributed by atoms with Gasteiger partial charge in [0.2, 0.25) is 5.91 Å². The lowest BCUT2D eigenvalue weighted by Gasteiger charge is -2.37. The highest BCUT2D eigenvalue weighted by atomic mass is 32.2. The van der Waals surface area contributed by atoms with Gasteiger partial charge >= 0.3 is 0 Å². The SMILES string of the molecule is CC(C)(C)N(Cc1ccccc1)C(=O)CN(c1nccs1)S(=O)(=O)c1ccccc1. The third-order valence-corrected chi connectivity index (χ3v) is 7.20. The van der Waals surface area contributed by atoms with Gasteiger partial charge in [0.25, 0.3) is 10.0 Å². The second-order valence-electron chi connectivity index (χ2n) is 7.78. The van der Waals surface area contributed by atoms with Crippen molar-refractivity contribution in [2.45, 2.75) is 37.8 Å². The second-order valence-corrected chi connectivity index (χ2v) is 10.5. The van der Waals surface area contributed by atoms with Crippen molar-refractivity contribution in [3.05, 3.63) is 77.8 Å². The summed E-state index contributed by atoms with van der Waals surface area (Å²) in [5, 5.41) is 1.96. The molecule has 0 atom stereocenters. The summed E-state index contributed by atoms with van der Waals surface area (Å²) in [6.45, 7) is 5.88. The van der Waals surface area contributed by atoms with E-state index in [1.165, 1.54) is 29.7 Å². The number of amides is 1. The number of hydrogen-bond donors (Lipinski definition) is 0. The third-order valence-electron chi connectivity index (χ3n) is 4.54. The van der Waals surface area contributed by atoms with Crippen LogP contribution >= 0.6 is 11.3 Å². The smallest absolute Gasteiger partial charge is 0.266 e. The lowest BCUT2D eigenvalue weighted by molar-refractivity contribution is -0.135. The summed E-state index contributed by atoms with van der Waals surface area (Å²) in [6.07, 6.45) is 1.53. The van der Waals surface area contributed by atoms with Gasteiger partial charge in [-0.3, -0.25) is 4.79 Å². The summed E-state index contributed by atoms with van der Waals surface area (Å²) in [4.78, 5) is 19.4. The number of nitrogens with zero attached hydrogens (tertiary/aromatic N) is 3. The van der Waals surface area contributed by atoms with Gasteiger partial charge in [-0.2, -0.15) is 0 Å². The first-order chi connectivity index (χ1) is 14.2. The van der Waals surface area contributed by atoms with Crippen LogP contribution in [0.3, 0.4) is 0 Å². The quantitative estimate of drug-likeness (QED) is 0.550. The first-order valence-electron chi connectivity index (χ1n) is 9.51. The van der Waals surface area contributed by atoms with Gasteiger partial charge in [0.1, 0.15) is 6.54 Å². The molecule has 0 aliphatic heterocycles. The Morgan fingerprint density at radius 3 is 2.13 bits per heavy atom. The molecule has 0 N–H and O–H groups in total. The minimum atomic E-state index is -3.94. The van der Waals surface area contributed by atoms with Gasteiger partial charge in [-0.05, 0) is 38.5 Å². The van der Waals surface area contributed by atoms with Crippen LogP contribution in [0.5, 0.6) is 0 Å². The highest BCUT2D eigenvalue weighted by Gasteiger charge is 2.33. The summed E-state index contributed by atoms with van der Waals surface area (Å²) >= 11 is 1.18. The minimum Gasteiger partial charge on any atom is -0.332 e. The molecule has 1 amide bonds. The second kappa shape index (κ2) is 8.97. The Kier molecular flexibility index (Phi) is 6.58. The molecular weight excluding hydrogens is 418 g/mol. The fourth-order valence-corrected chi connectivity index (χ4v) is 5.25. The first-order valence-corrected chi connectivity index (χ1v) is 11.8. The van der Waals surface area contributed by atoms with Gasteiger partial charge in [-0.1, -0.05) is 48.5 Å². The van der Waals surface area contributed by atoms with Crippen molar-refractivity contribution in [3.63, 3.8) is 0 Å². The first kappa shape index (κ1) is 22.0. The summed E-state index contributed by atoms with van der Waals surface area (Å²) in [5.74, 6) is -0.291. The lowest BCUT2D eigenvalue weighted by Crippen LogP contribution is -2.50. The molecule has 0 unspecified atom stereocenters. The van der Waals surface area contributed by atoms with E-state index in [2.05, 4.69) is 4.98 Å². The molecule has 8 heteroatoms. The van der Waals surface area contributed by atoms with Crippen LogP contribution in [-0.4, -0.2) is 36.3 Å². The van der Waals surface area contributed by atoms with Gasteiger partial charge in [0, 0.05) is 23.7 Å². The third kappa shape index (κ3) is 5.06. The van der Waals surface area contributed by atoms with Gasteiger partial charge in [0.15, 0.2) is 5.13 Å². The molecule has 158 valence electrons. The molecule has 30 heavy (non-hydrogen) atoms. The van der Waals surface area contributed by atoms with Gasteiger partial charge < -0.3 is 4.90 Å². The summed E-state index contributed by atoms with van der Waals surface area (Å²) in [7, 11) is -3.94. The molecule has 0 spiro atoms. The number of carbonyl (C=O) groups excluding carboxylic acids is 1. The van der Waals surface area contributed by atoms with Gasteiger partial charge in [-0.25, -0.2) is 17.7 Å². The molecule has 0 bridgehead atoms. The van der Waals surface area contributed by atoms with Crippen molar-refractivity contribution in [2.75, 3.05) is 10.8 Å². The summed E-state index contributed by atoms with van der Waals surface area (Å²) < 4.78 is 27.7. The average Bonchev–Trinajstić information content (AvgIpc) is 3.25. The van der Waals surface area contributed by atoms with Crippen molar-refractivity contribution >= 4 is 32.4 Å². The number of benzene rings is 2. The number of carbonyl (C=O) groups is 1. The van der Waals surface area contributed by atoms with Crippen LogP contribution in [0.1, 0.15) is 26.3 Å². The highest BCUT2D eigenvalue weighted by molar-refractivity contribution is 7.93.